The molecule has 7 heteroatoms. The third-order valence-corrected chi connectivity index (χ3v) is 4.75. The minimum atomic E-state index is -1.84. The maximum atomic E-state index is 5.73. The van der Waals surface area contributed by atoms with Crippen molar-refractivity contribution < 1.29 is 4.52 Å². The molecule has 0 spiro atoms. The van der Waals surface area contributed by atoms with Crippen molar-refractivity contribution in [2.75, 3.05) is 38.0 Å². The Morgan fingerprint density at radius 3 is 2.29 bits per heavy atom. The van der Waals surface area contributed by atoms with E-state index in [1.807, 2.05) is 0 Å². The minimum Gasteiger partial charge on any atom is -0.182 e. The van der Waals surface area contributed by atoms with Crippen molar-refractivity contribution in [1.29, 1.82) is 0 Å². The second-order valence-corrected chi connectivity index (χ2v) is 6.08. The quantitative estimate of drug-likeness (QED) is 0.498. The van der Waals surface area contributed by atoms with E-state index in [-0.39, 0.29) is 0 Å². The van der Waals surface area contributed by atoms with Crippen LogP contribution in [0.15, 0.2) is 0 Å². The van der Waals surface area contributed by atoms with E-state index in [0.717, 1.165) is 32.7 Å². The summed E-state index contributed by atoms with van der Waals surface area (Å²) in [6, 6.07) is 0. The molecule has 0 aromatic rings. The van der Waals surface area contributed by atoms with Crippen LogP contribution < -0.4 is 15.3 Å². The SMILES string of the molecule is ClCCN[P+]1(NCCCl)NCCCO1. The maximum Gasteiger partial charge on any atom is 0.363 e. The molecule has 0 atom stereocenters. The highest BCUT2D eigenvalue weighted by molar-refractivity contribution is 7.65. The van der Waals surface area contributed by atoms with Gasteiger partial charge < -0.3 is 0 Å². The van der Waals surface area contributed by atoms with Crippen molar-refractivity contribution in [1.82, 2.24) is 15.3 Å². The van der Waals surface area contributed by atoms with Crippen molar-refractivity contribution in [3.05, 3.63) is 0 Å². The Morgan fingerprint density at radius 1 is 1.21 bits per heavy atom. The lowest BCUT2D eigenvalue weighted by Gasteiger charge is -2.28. The summed E-state index contributed by atoms with van der Waals surface area (Å²) in [4.78, 5) is 0. The highest BCUT2D eigenvalue weighted by Gasteiger charge is 2.42. The van der Waals surface area contributed by atoms with Crippen LogP contribution in [0.2, 0.25) is 0 Å². The van der Waals surface area contributed by atoms with Gasteiger partial charge in [0.05, 0.1) is 6.61 Å². The molecule has 14 heavy (non-hydrogen) atoms. The molecule has 0 amide bonds. The first-order chi connectivity index (χ1) is 6.83. The number of halogens is 2. The molecule has 1 rings (SSSR count). The first-order valence-corrected chi connectivity index (χ1v) is 7.51. The lowest BCUT2D eigenvalue weighted by atomic mass is 10.5. The second kappa shape index (κ2) is 7.18. The first-order valence-electron chi connectivity index (χ1n) is 4.74. The first kappa shape index (κ1) is 12.9. The summed E-state index contributed by atoms with van der Waals surface area (Å²) in [5.74, 6) is 1.16. The standard InChI is InChI=1S/C7H17Cl2N3OP/c8-2-5-11-14(12-6-3-9)10-4-1-7-13-14/h10-12H,1-7H2/q+1. The Balaban J connectivity index is 2.39. The predicted molar refractivity (Wildman–Crippen MR) is 62.9 cm³/mol. The molecule has 3 N–H and O–H groups in total. The molecule has 0 aromatic carbocycles. The van der Waals surface area contributed by atoms with Crippen molar-refractivity contribution in [2.45, 2.75) is 6.42 Å². The van der Waals surface area contributed by atoms with E-state index < -0.39 is 7.94 Å². The summed E-state index contributed by atoms with van der Waals surface area (Å²) in [5.41, 5.74) is 0. The molecule has 1 heterocycles. The minimum absolute atomic E-state index is 0.579. The third kappa shape index (κ3) is 4.15. The molecule has 1 saturated heterocycles. The monoisotopic (exact) mass is 260 g/mol. The molecule has 1 aliphatic heterocycles. The number of hydrogen-bond acceptors (Lipinski definition) is 4. The molecule has 1 aliphatic rings. The van der Waals surface area contributed by atoms with Crippen molar-refractivity contribution in [3.8, 4) is 0 Å². The molecule has 84 valence electrons. The Kier molecular flexibility index (Phi) is 6.62. The maximum absolute atomic E-state index is 5.73. The average molecular weight is 261 g/mol. The smallest absolute Gasteiger partial charge is 0.182 e. The van der Waals surface area contributed by atoms with Crippen LogP contribution in [-0.4, -0.2) is 38.0 Å². The average Bonchev–Trinajstić information content (AvgIpc) is 2.25. The molecular weight excluding hydrogens is 244 g/mol. The number of rotatable bonds is 6. The van der Waals surface area contributed by atoms with Gasteiger partial charge in [0.15, 0.2) is 0 Å². The summed E-state index contributed by atoms with van der Waals surface area (Å²) in [6.07, 6.45) is 1.05. The van der Waals surface area contributed by atoms with Gasteiger partial charge in [-0.15, -0.1) is 38.5 Å². The third-order valence-electron chi connectivity index (χ3n) is 1.80. The summed E-state index contributed by atoms with van der Waals surface area (Å²) < 4.78 is 5.73. The Labute approximate surface area is 95.6 Å². The van der Waals surface area contributed by atoms with E-state index >= 15 is 0 Å². The molecule has 0 aromatic heterocycles. The van der Waals surface area contributed by atoms with Gasteiger partial charge in [-0.3, -0.25) is 0 Å². The van der Waals surface area contributed by atoms with Gasteiger partial charge in [-0.05, 0) is 6.42 Å². The Morgan fingerprint density at radius 2 is 1.86 bits per heavy atom. The van der Waals surface area contributed by atoms with Gasteiger partial charge >= 0.3 is 7.94 Å². The molecule has 0 aliphatic carbocycles. The van der Waals surface area contributed by atoms with Gasteiger partial charge in [-0.25, -0.2) is 0 Å². The number of nitrogens with one attached hydrogen (secondary N) is 3. The largest absolute Gasteiger partial charge is 0.363 e. The zero-order chi connectivity index (χ0) is 10.3. The Bertz CT molecular complexity index is 148. The van der Waals surface area contributed by atoms with Crippen LogP contribution in [0.3, 0.4) is 0 Å². The molecule has 0 unspecified atom stereocenters. The van der Waals surface area contributed by atoms with Crippen LogP contribution in [0.4, 0.5) is 0 Å². The van der Waals surface area contributed by atoms with E-state index in [1.165, 1.54) is 0 Å². The van der Waals surface area contributed by atoms with Crippen LogP contribution in [0.5, 0.6) is 0 Å². The molecular formula is C7H17Cl2N3OP+. The lowest BCUT2D eigenvalue weighted by Crippen LogP contribution is -2.43. The molecule has 4 nitrogen and oxygen atoms in total. The fourth-order valence-electron chi connectivity index (χ4n) is 1.21. The van der Waals surface area contributed by atoms with Crippen LogP contribution in [-0.2, 0) is 4.52 Å². The number of hydrogen-bond donors (Lipinski definition) is 3. The van der Waals surface area contributed by atoms with Crippen LogP contribution in [0.25, 0.3) is 0 Å². The second-order valence-electron chi connectivity index (χ2n) is 2.90. The zero-order valence-electron chi connectivity index (χ0n) is 8.06. The van der Waals surface area contributed by atoms with Crippen LogP contribution in [0.1, 0.15) is 6.42 Å². The number of alkyl halides is 2. The fourth-order valence-corrected chi connectivity index (χ4v) is 4.01. The van der Waals surface area contributed by atoms with Crippen molar-refractivity contribution in [3.63, 3.8) is 0 Å². The van der Waals surface area contributed by atoms with E-state index in [2.05, 4.69) is 15.3 Å². The molecule has 0 saturated carbocycles. The molecule has 1 fully saturated rings. The van der Waals surface area contributed by atoms with Gasteiger partial charge in [0.2, 0.25) is 0 Å². The van der Waals surface area contributed by atoms with E-state index in [4.69, 9.17) is 27.7 Å². The summed E-state index contributed by atoms with van der Waals surface area (Å²) in [6.45, 7) is 3.22. The van der Waals surface area contributed by atoms with Crippen molar-refractivity contribution in [2.24, 2.45) is 0 Å². The summed E-state index contributed by atoms with van der Waals surface area (Å²) >= 11 is 11.3. The van der Waals surface area contributed by atoms with Crippen molar-refractivity contribution >= 4 is 31.1 Å². The van der Waals surface area contributed by atoms with Gasteiger partial charge in [0, 0.05) is 31.4 Å². The zero-order valence-corrected chi connectivity index (χ0v) is 10.5. The molecule has 0 bridgehead atoms. The van der Waals surface area contributed by atoms with Gasteiger partial charge in [-0.1, -0.05) is 0 Å². The van der Waals surface area contributed by atoms with Gasteiger partial charge in [0.1, 0.15) is 0 Å². The van der Waals surface area contributed by atoms with E-state index in [1.54, 1.807) is 0 Å². The highest BCUT2D eigenvalue weighted by atomic mass is 35.5. The highest BCUT2D eigenvalue weighted by Crippen LogP contribution is 2.48. The van der Waals surface area contributed by atoms with E-state index in [9.17, 15) is 0 Å². The van der Waals surface area contributed by atoms with Crippen LogP contribution >= 0.6 is 31.1 Å². The normalized spacial score (nSPS) is 21.0. The van der Waals surface area contributed by atoms with E-state index in [0.29, 0.717) is 11.8 Å². The summed E-state index contributed by atoms with van der Waals surface area (Å²) in [5, 5.41) is 9.94. The van der Waals surface area contributed by atoms with Crippen LogP contribution in [0, 0.1) is 0 Å². The lowest BCUT2D eigenvalue weighted by molar-refractivity contribution is 0.289. The Hall–Kier alpha value is 0.850. The van der Waals surface area contributed by atoms with Gasteiger partial charge in [0.25, 0.3) is 0 Å². The predicted octanol–water partition coefficient (Wildman–Crippen LogP) is 1.33. The topological polar surface area (TPSA) is 45.3 Å². The fraction of sp³-hybridized carbons (Fsp3) is 1.00. The van der Waals surface area contributed by atoms with Gasteiger partial charge in [-0.2, -0.15) is 4.52 Å². The molecule has 0 radical (unpaired) electrons. The summed E-state index contributed by atoms with van der Waals surface area (Å²) in [7, 11) is -1.84.